The summed E-state index contributed by atoms with van der Waals surface area (Å²) >= 11 is 0. The number of anilines is 1. The van der Waals surface area contributed by atoms with Gasteiger partial charge >= 0.3 is 0 Å². The Bertz CT molecular complexity index is 654. The maximum Gasteiger partial charge on any atom is 0.254 e. The van der Waals surface area contributed by atoms with E-state index in [1.54, 1.807) is 4.52 Å². The number of amides is 1. The summed E-state index contributed by atoms with van der Waals surface area (Å²) in [6, 6.07) is 1.81. The molecule has 2 aromatic rings. The van der Waals surface area contributed by atoms with Gasteiger partial charge in [-0.1, -0.05) is 0 Å². The fraction of sp³-hybridized carbons (Fsp3) is 0.571. The molecule has 1 aliphatic rings. The lowest BCUT2D eigenvalue weighted by Crippen LogP contribution is -2.30. The minimum atomic E-state index is 0. The zero-order valence-electron chi connectivity index (χ0n) is 12.9. The van der Waals surface area contributed by atoms with E-state index in [1.807, 2.05) is 13.0 Å². The zero-order chi connectivity index (χ0) is 14.8. The summed E-state index contributed by atoms with van der Waals surface area (Å²) in [7, 11) is 0. The number of carbonyl (C=O) groups excluding carboxylic acids is 1. The zero-order valence-corrected chi connectivity index (χ0v) is 16.4. The van der Waals surface area contributed by atoms with E-state index in [4.69, 9.17) is 5.73 Å². The number of hydrogen-bond donors (Lipinski definition) is 2. The third-order valence-corrected chi connectivity index (χ3v) is 4.18. The molecule has 128 valence electrons. The lowest BCUT2D eigenvalue weighted by atomic mass is 9.81. The number of aromatic nitrogens is 4. The van der Waals surface area contributed by atoms with Crippen LogP contribution >= 0.6 is 34.0 Å². The summed E-state index contributed by atoms with van der Waals surface area (Å²) < 4.78 is 1.55. The third kappa shape index (κ3) is 4.48. The highest BCUT2D eigenvalue weighted by Crippen LogP contribution is 2.29. The van der Waals surface area contributed by atoms with Gasteiger partial charge in [0.1, 0.15) is 12.1 Å². The van der Waals surface area contributed by atoms with Crippen LogP contribution in [0.2, 0.25) is 0 Å². The predicted octanol–water partition coefficient (Wildman–Crippen LogP) is 2.29. The normalized spacial score (nSPS) is 20.4. The van der Waals surface area contributed by atoms with Gasteiger partial charge in [0.15, 0.2) is 0 Å². The SMILES string of the molecule is Br.Br.Cc1cc(NC(=O)[C@H]2CC[C@H](CN)CC2)n2ncnc2n1. The van der Waals surface area contributed by atoms with Gasteiger partial charge in [-0.3, -0.25) is 4.79 Å². The quantitative estimate of drug-likeness (QED) is 0.748. The number of nitrogens with one attached hydrogen (secondary N) is 1. The molecule has 0 spiro atoms. The maximum absolute atomic E-state index is 12.4. The summed E-state index contributed by atoms with van der Waals surface area (Å²) in [5, 5.41) is 7.06. The Hall–Kier alpha value is -1.06. The maximum atomic E-state index is 12.4. The van der Waals surface area contributed by atoms with Crippen LogP contribution in [0.1, 0.15) is 31.4 Å². The number of hydrogen-bond acceptors (Lipinski definition) is 5. The van der Waals surface area contributed by atoms with Crippen LogP contribution in [0.5, 0.6) is 0 Å². The van der Waals surface area contributed by atoms with Crippen molar-refractivity contribution in [1.82, 2.24) is 19.6 Å². The highest BCUT2D eigenvalue weighted by atomic mass is 79.9. The lowest BCUT2D eigenvalue weighted by molar-refractivity contribution is -0.121. The van der Waals surface area contributed by atoms with Crippen molar-refractivity contribution in [2.75, 3.05) is 11.9 Å². The van der Waals surface area contributed by atoms with E-state index < -0.39 is 0 Å². The molecule has 1 aliphatic carbocycles. The van der Waals surface area contributed by atoms with Gasteiger partial charge in [0.05, 0.1) is 0 Å². The van der Waals surface area contributed by atoms with Crippen molar-refractivity contribution in [1.29, 1.82) is 0 Å². The summed E-state index contributed by atoms with van der Waals surface area (Å²) in [6.45, 7) is 2.59. The molecule has 0 atom stereocenters. The largest absolute Gasteiger partial charge is 0.330 e. The van der Waals surface area contributed by atoms with Crippen molar-refractivity contribution in [3.63, 3.8) is 0 Å². The van der Waals surface area contributed by atoms with Crippen molar-refractivity contribution in [3.05, 3.63) is 18.1 Å². The summed E-state index contributed by atoms with van der Waals surface area (Å²) in [4.78, 5) is 20.7. The molecule has 0 aromatic carbocycles. The number of fused-ring (bicyclic) bond motifs is 1. The minimum Gasteiger partial charge on any atom is -0.330 e. The van der Waals surface area contributed by atoms with Crippen LogP contribution in [-0.2, 0) is 4.79 Å². The average Bonchev–Trinajstić information content (AvgIpc) is 2.95. The fourth-order valence-corrected chi connectivity index (χ4v) is 2.91. The first-order valence-electron chi connectivity index (χ1n) is 7.35. The van der Waals surface area contributed by atoms with Gasteiger partial charge in [-0.15, -0.1) is 34.0 Å². The fourth-order valence-electron chi connectivity index (χ4n) is 2.91. The van der Waals surface area contributed by atoms with Gasteiger partial charge in [0.25, 0.3) is 5.78 Å². The average molecular weight is 450 g/mol. The summed E-state index contributed by atoms with van der Waals surface area (Å²) in [6.07, 6.45) is 5.30. The second-order valence-corrected chi connectivity index (χ2v) is 5.70. The Morgan fingerprint density at radius 1 is 1.35 bits per heavy atom. The second kappa shape index (κ2) is 8.70. The molecule has 0 saturated heterocycles. The van der Waals surface area contributed by atoms with Crippen LogP contribution in [0.15, 0.2) is 12.4 Å². The Kier molecular flexibility index (Phi) is 7.56. The molecule has 0 bridgehead atoms. The molecule has 0 aliphatic heterocycles. The Balaban J connectivity index is 0.00000132. The smallest absolute Gasteiger partial charge is 0.254 e. The van der Waals surface area contributed by atoms with E-state index in [1.165, 1.54) is 6.33 Å². The van der Waals surface area contributed by atoms with E-state index >= 15 is 0 Å². The van der Waals surface area contributed by atoms with Crippen LogP contribution in [0, 0.1) is 18.8 Å². The number of rotatable bonds is 3. The van der Waals surface area contributed by atoms with Crippen molar-refractivity contribution < 1.29 is 4.79 Å². The highest BCUT2D eigenvalue weighted by Gasteiger charge is 2.26. The van der Waals surface area contributed by atoms with E-state index in [2.05, 4.69) is 20.4 Å². The van der Waals surface area contributed by atoms with Gasteiger partial charge in [-0.25, -0.2) is 4.98 Å². The molecular formula is C14H22Br2N6O. The van der Waals surface area contributed by atoms with Crippen molar-refractivity contribution in [3.8, 4) is 0 Å². The monoisotopic (exact) mass is 448 g/mol. The van der Waals surface area contributed by atoms with Crippen molar-refractivity contribution in [2.45, 2.75) is 32.6 Å². The molecule has 0 radical (unpaired) electrons. The van der Waals surface area contributed by atoms with Crippen LogP contribution in [0.4, 0.5) is 5.82 Å². The van der Waals surface area contributed by atoms with Crippen molar-refractivity contribution in [2.24, 2.45) is 17.6 Å². The van der Waals surface area contributed by atoms with E-state index in [0.29, 0.717) is 17.5 Å². The number of aryl methyl sites for hydroxylation is 1. The van der Waals surface area contributed by atoms with Crippen LogP contribution < -0.4 is 11.1 Å². The molecule has 1 fully saturated rings. The number of carbonyl (C=O) groups is 1. The number of halogens is 2. The molecule has 9 heteroatoms. The minimum absolute atomic E-state index is 0. The van der Waals surface area contributed by atoms with Gasteiger partial charge in [0, 0.05) is 17.7 Å². The molecule has 3 N–H and O–H groups in total. The van der Waals surface area contributed by atoms with E-state index in [-0.39, 0.29) is 45.8 Å². The topological polar surface area (TPSA) is 98.2 Å². The number of nitrogens with two attached hydrogens (primary N) is 1. The van der Waals surface area contributed by atoms with Gasteiger partial charge < -0.3 is 11.1 Å². The molecule has 3 rings (SSSR count). The molecule has 7 nitrogen and oxygen atoms in total. The van der Waals surface area contributed by atoms with Gasteiger partial charge in [-0.05, 0) is 45.1 Å². The van der Waals surface area contributed by atoms with E-state index in [9.17, 15) is 4.79 Å². The van der Waals surface area contributed by atoms with E-state index in [0.717, 1.165) is 37.9 Å². The lowest BCUT2D eigenvalue weighted by Gasteiger charge is -2.26. The summed E-state index contributed by atoms with van der Waals surface area (Å²) in [5.41, 5.74) is 6.49. The third-order valence-electron chi connectivity index (χ3n) is 4.18. The van der Waals surface area contributed by atoms with Crippen LogP contribution in [0.25, 0.3) is 5.78 Å². The molecule has 0 unspecified atom stereocenters. The Morgan fingerprint density at radius 3 is 2.70 bits per heavy atom. The summed E-state index contributed by atoms with van der Waals surface area (Å²) in [5.74, 6) is 1.80. The molecule has 2 aromatic heterocycles. The predicted molar refractivity (Wildman–Crippen MR) is 99.3 cm³/mol. The second-order valence-electron chi connectivity index (χ2n) is 5.70. The van der Waals surface area contributed by atoms with Crippen LogP contribution in [-0.4, -0.2) is 32.0 Å². The first-order valence-corrected chi connectivity index (χ1v) is 7.35. The van der Waals surface area contributed by atoms with Crippen LogP contribution in [0.3, 0.4) is 0 Å². The molecule has 2 heterocycles. The Labute approximate surface area is 156 Å². The molecule has 1 saturated carbocycles. The molecule has 23 heavy (non-hydrogen) atoms. The highest BCUT2D eigenvalue weighted by molar-refractivity contribution is 8.93. The first-order chi connectivity index (χ1) is 10.2. The standard InChI is InChI=1S/C14H20N6O.2BrH/c1-9-6-12(20-14(18-9)16-8-17-20)19-13(21)11-4-2-10(7-15)3-5-11;;/h6,8,10-11H,2-5,7,15H2,1H3,(H,19,21);2*1H/t10-,11-;;. The Morgan fingerprint density at radius 2 is 2.04 bits per heavy atom. The molecule has 1 amide bonds. The van der Waals surface area contributed by atoms with Gasteiger partial charge in [0.2, 0.25) is 5.91 Å². The molecular weight excluding hydrogens is 428 g/mol. The first kappa shape index (κ1) is 20.0. The van der Waals surface area contributed by atoms with Gasteiger partial charge in [-0.2, -0.15) is 14.6 Å². The van der Waals surface area contributed by atoms with Crippen molar-refractivity contribution >= 4 is 51.5 Å². The number of nitrogens with zero attached hydrogens (tertiary/aromatic N) is 4.